The SMILES string of the molecule is CC[C@H]1CNCc2cc(Oc3ccnc4[nH]c(-c5cn[nH]c5)cc34)cnc21. The van der Waals surface area contributed by atoms with Crippen LogP contribution in [-0.2, 0) is 6.54 Å². The van der Waals surface area contributed by atoms with Gasteiger partial charge in [0.15, 0.2) is 0 Å². The largest absolute Gasteiger partial charge is 0.455 e. The lowest BCUT2D eigenvalue weighted by atomic mass is 9.94. The summed E-state index contributed by atoms with van der Waals surface area (Å²) in [6.45, 7) is 4.02. The highest BCUT2D eigenvalue weighted by Crippen LogP contribution is 2.33. The van der Waals surface area contributed by atoms with Gasteiger partial charge >= 0.3 is 0 Å². The molecule has 0 spiro atoms. The van der Waals surface area contributed by atoms with Crippen molar-refractivity contribution in [2.45, 2.75) is 25.8 Å². The number of aromatic amines is 2. The van der Waals surface area contributed by atoms with E-state index in [9.17, 15) is 0 Å². The number of nitrogens with one attached hydrogen (secondary N) is 3. The zero-order valence-electron chi connectivity index (χ0n) is 15.0. The molecule has 136 valence electrons. The highest BCUT2D eigenvalue weighted by atomic mass is 16.5. The zero-order chi connectivity index (χ0) is 18.2. The Bertz CT molecular complexity index is 1090. The van der Waals surface area contributed by atoms with E-state index in [1.165, 1.54) is 11.3 Å². The molecule has 0 saturated carbocycles. The van der Waals surface area contributed by atoms with Gasteiger partial charge in [0.1, 0.15) is 17.1 Å². The quantitative estimate of drug-likeness (QED) is 0.516. The Hall–Kier alpha value is -3.19. The number of rotatable bonds is 4. The fraction of sp³-hybridized carbons (Fsp3) is 0.250. The van der Waals surface area contributed by atoms with Gasteiger partial charge in [0.2, 0.25) is 0 Å². The van der Waals surface area contributed by atoms with E-state index in [1.807, 2.05) is 24.5 Å². The first-order valence-electron chi connectivity index (χ1n) is 9.16. The molecule has 7 nitrogen and oxygen atoms in total. The Balaban J connectivity index is 1.50. The molecule has 0 bridgehead atoms. The molecule has 0 radical (unpaired) electrons. The number of pyridine rings is 2. The van der Waals surface area contributed by atoms with Gasteiger partial charge in [0.25, 0.3) is 0 Å². The van der Waals surface area contributed by atoms with E-state index < -0.39 is 0 Å². The zero-order valence-corrected chi connectivity index (χ0v) is 15.0. The van der Waals surface area contributed by atoms with Crippen molar-refractivity contribution in [3.05, 3.63) is 54.2 Å². The minimum Gasteiger partial charge on any atom is -0.455 e. The van der Waals surface area contributed by atoms with Crippen LogP contribution in [0, 0.1) is 0 Å². The Morgan fingerprint density at radius 3 is 3.04 bits per heavy atom. The standard InChI is InChI=1S/C20H20N6O/c1-2-12-7-21-8-13-5-15(11-23-19(12)13)27-18-3-4-22-20-16(18)6-17(26-20)14-9-24-25-10-14/h3-6,9-12,21H,2,7-8H2,1H3,(H,22,26)(H,24,25)/t12-/m0/s1. The molecule has 0 saturated heterocycles. The van der Waals surface area contributed by atoms with Crippen molar-refractivity contribution in [3.8, 4) is 22.8 Å². The van der Waals surface area contributed by atoms with Gasteiger partial charge in [-0.2, -0.15) is 5.10 Å². The van der Waals surface area contributed by atoms with E-state index in [0.29, 0.717) is 5.92 Å². The first kappa shape index (κ1) is 16.0. The van der Waals surface area contributed by atoms with E-state index in [0.717, 1.165) is 53.3 Å². The summed E-state index contributed by atoms with van der Waals surface area (Å²) in [6, 6.07) is 6.00. The van der Waals surface area contributed by atoms with Crippen LogP contribution in [0.15, 0.2) is 43.0 Å². The Morgan fingerprint density at radius 1 is 1.22 bits per heavy atom. The topological polar surface area (TPSA) is 91.5 Å². The maximum Gasteiger partial charge on any atom is 0.146 e. The molecule has 1 atom stereocenters. The van der Waals surface area contributed by atoms with Crippen molar-refractivity contribution in [2.24, 2.45) is 0 Å². The smallest absolute Gasteiger partial charge is 0.146 e. The molecule has 0 aliphatic carbocycles. The minimum atomic E-state index is 0.470. The number of hydrogen-bond acceptors (Lipinski definition) is 5. The third kappa shape index (κ3) is 2.86. The first-order chi connectivity index (χ1) is 13.3. The van der Waals surface area contributed by atoms with Gasteiger partial charge < -0.3 is 15.0 Å². The molecule has 1 aliphatic heterocycles. The molecular weight excluding hydrogens is 340 g/mol. The third-order valence-electron chi connectivity index (χ3n) is 5.09. The predicted octanol–water partition coefficient (Wildman–Crippen LogP) is 3.74. The lowest BCUT2D eigenvalue weighted by molar-refractivity contribution is 0.473. The monoisotopic (exact) mass is 360 g/mol. The van der Waals surface area contributed by atoms with Gasteiger partial charge in [-0.15, -0.1) is 0 Å². The number of fused-ring (bicyclic) bond motifs is 2. The third-order valence-corrected chi connectivity index (χ3v) is 5.09. The average Bonchev–Trinajstić information content (AvgIpc) is 3.37. The van der Waals surface area contributed by atoms with Crippen LogP contribution >= 0.6 is 0 Å². The summed E-state index contributed by atoms with van der Waals surface area (Å²) in [5.74, 6) is 1.96. The molecule has 0 unspecified atom stereocenters. The van der Waals surface area contributed by atoms with Crippen LogP contribution in [0.4, 0.5) is 0 Å². The minimum absolute atomic E-state index is 0.470. The molecular formula is C20H20N6O. The van der Waals surface area contributed by atoms with E-state index >= 15 is 0 Å². The molecule has 0 fully saturated rings. The molecule has 4 aromatic rings. The van der Waals surface area contributed by atoms with Crippen molar-refractivity contribution < 1.29 is 4.74 Å². The fourth-order valence-corrected chi connectivity index (χ4v) is 3.65. The second-order valence-electron chi connectivity index (χ2n) is 6.79. The number of ether oxygens (including phenoxy) is 1. The number of hydrogen-bond donors (Lipinski definition) is 3. The summed E-state index contributed by atoms with van der Waals surface area (Å²) in [6.07, 6.45) is 8.26. The maximum atomic E-state index is 6.18. The van der Waals surface area contributed by atoms with Crippen molar-refractivity contribution in [1.82, 2.24) is 30.5 Å². The second kappa shape index (κ2) is 6.51. The first-order valence-corrected chi connectivity index (χ1v) is 9.16. The summed E-state index contributed by atoms with van der Waals surface area (Å²) >= 11 is 0. The van der Waals surface area contributed by atoms with Gasteiger partial charge in [0, 0.05) is 42.7 Å². The van der Waals surface area contributed by atoms with Gasteiger partial charge in [-0.1, -0.05) is 6.92 Å². The summed E-state index contributed by atoms with van der Waals surface area (Å²) in [4.78, 5) is 12.4. The number of nitrogens with zero attached hydrogens (tertiary/aromatic N) is 3. The highest BCUT2D eigenvalue weighted by Gasteiger charge is 2.20. The maximum absolute atomic E-state index is 6.18. The molecule has 4 aromatic heterocycles. The molecule has 5 rings (SSSR count). The second-order valence-corrected chi connectivity index (χ2v) is 6.79. The molecule has 3 N–H and O–H groups in total. The van der Waals surface area contributed by atoms with Crippen LogP contribution in [0.2, 0.25) is 0 Å². The van der Waals surface area contributed by atoms with Crippen LogP contribution in [-0.4, -0.2) is 31.7 Å². The van der Waals surface area contributed by atoms with E-state index in [4.69, 9.17) is 9.72 Å². The van der Waals surface area contributed by atoms with E-state index in [2.05, 4.69) is 38.5 Å². The van der Waals surface area contributed by atoms with Crippen molar-refractivity contribution >= 4 is 11.0 Å². The molecule has 27 heavy (non-hydrogen) atoms. The normalized spacial score (nSPS) is 16.4. The van der Waals surface area contributed by atoms with Crippen molar-refractivity contribution in [2.75, 3.05) is 6.54 Å². The number of aromatic nitrogens is 5. The Labute approximate surface area is 156 Å². The van der Waals surface area contributed by atoms with Crippen molar-refractivity contribution in [3.63, 3.8) is 0 Å². The summed E-state index contributed by atoms with van der Waals surface area (Å²) in [5, 5.41) is 11.2. The van der Waals surface area contributed by atoms with E-state index in [-0.39, 0.29) is 0 Å². The van der Waals surface area contributed by atoms with Gasteiger partial charge in [0.05, 0.1) is 23.5 Å². The number of H-pyrrole nitrogens is 2. The van der Waals surface area contributed by atoms with Gasteiger partial charge in [-0.3, -0.25) is 10.1 Å². The molecule has 7 heteroatoms. The van der Waals surface area contributed by atoms with Crippen LogP contribution in [0.1, 0.15) is 30.5 Å². The molecule has 1 aliphatic rings. The molecule has 0 amide bonds. The Kier molecular flexibility index (Phi) is 3.86. The van der Waals surface area contributed by atoms with Crippen LogP contribution in [0.5, 0.6) is 11.5 Å². The molecule has 0 aromatic carbocycles. The predicted molar refractivity (Wildman–Crippen MR) is 103 cm³/mol. The lowest BCUT2D eigenvalue weighted by Gasteiger charge is -2.24. The van der Waals surface area contributed by atoms with Crippen molar-refractivity contribution in [1.29, 1.82) is 0 Å². The Morgan fingerprint density at radius 2 is 2.19 bits per heavy atom. The summed E-state index contributed by atoms with van der Waals surface area (Å²) in [5.41, 5.74) is 5.10. The highest BCUT2D eigenvalue weighted by molar-refractivity contribution is 5.88. The summed E-state index contributed by atoms with van der Waals surface area (Å²) in [7, 11) is 0. The van der Waals surface area contributed by atoms with E-state index in [1.54, 1.807) is 12.4 Å². The molecule has 5 heterocycles. The van der Waals surface area contributed by atoms with Gasteiger partial charge in [-0.05, 0) is 30.2 Å². The van der Waals surface area contributed by atoms with Gasteiger partial charge in [-0.25, -0.2) is 4.98 Å². The van der Waals surface area contributed by atoms with Crippen LogP contribution in [0.3, 0.4) is 0 Å². The summed E-state index contributed by atoms with van der Waals surface area (Å²) < 4.78 is 6.18. The van der Waals surface area contributed by atoms with Crippen LogP contribution in [0.25, 0.3) is 22.3 Å². The lowest BCUT2D eigenvalue weighted by Crippen LogP contribution is -2.28. The van der Waals surface area contributed by atoms with Crippen LogP contribution < -0.4 is 10.1 Å². The average molecular weight is 360 g/mol. The fourth-order valence-electron chi connectivity index (χ4n) is 3.65.